The van der Waals surface area contributed by atoms with E-state index >= 15 is 0 Å². The zero-order valence-electron chi connectivity index (χ0n) is 14.7. The second-order valence-corrected chi connectivity index (χ2v) is 7.02. The van der Waals surface area contributed by atoms with Crippen molar-refractivity contribution in [3.63, 3.8) is 0 Å². The Hall–Kier alpha value is -2.31. The molecule has 4 rings (SSSR count). The summed E-state index contributed by atoms with van der Waals surface area (Å²) in [6.07, 6.45) is 5.59. The fourth-order valence-corrected chi connectivity index (χ4v) is 3.71. The minimum Gasteiger partial charge on any atom is -0.370 e. The van der Waals surface area contributed by atoms with Crippen LogP contribution in [0.5, 0.6) is 0 Å². The van der Waals surface area contributed by atoms with E-state index in [1.54, 1.807) is 12.4 Å². The van der Waals surface area contributed by atoms with Gasteiger partial charge < -0.3 is 14.4 Å². The topological polar surface area (TPSA) is 64.6 Å². The number of aromatic nitrogens is 2. The highest BCUT2D eigenvalue weighted by atomic mass is 16.6. The van der Waals surface area contributed by atoms with Crippen molar-refractivity contribution in [1.82, 2.24) is 14.9 Å². The van der Waals surface area contributed by atoms with Crippen molar-refractivity contribution < 1.29 is 14.3 Å². The lowest BCUT2D eigenvalue weighted by Crippen LogP contribution is -2.36. The van der Waals surface area contributed by atoms with Gasteiger partial charge in [0.2, 0.25) is 5.91 Å². The minimum atomic E-state index is -0.255. The summed E-state index contributed by atoms with van der Waals surface area (Å²) in [5.41, 5.74) is 1.48. The largest absolute Gasteiger partial charge is 0.370 e. The molecule has 0 aliphatic carbocycles. The summed E-state index contributed by atoms with van der Waals surface area (Å²) in [6.45, 7) is 2.45. The molecule has 0 N–H and O–H groups in total. The number of ether oxygens (including phenoxy) is 2. The van der Waals surface area contributed by atoms with Crippen LogP contribution in [-0.2, 0) is 27.3 Å². The van der Waals surface area contributed by atoms with Gasteiger partial charge in [-0.3, -0.25) is 14.8 Å². The van der Waals surface area contributed by atoms with Gasteiger partial charge in [0.25, 0.3) is 0 Å². The van der Waals surface area contributed by atoms with E-state index in [1.165, 1.54) is 0 Å². The Morgan fingerprint density at radius 1 is 1.19 bits per heavy atom. The van der Waals surface area contributed by atoms with Crippen LogP contribution in [0.3, 0.4) is 0 Å². The monoisotopic (exact) mass is 353 g/mol. The summed E-state index contributed by atoms with van der Waals surface area (Å²) in [7, 11) is 0. The summed E-state index contributed by atoms with van der Waals surface area (Å²) in [5, 5.41) is 0. The first-order valence-corrected chi connectivity index (χ1v) is 9.06. The Kier molecular flexibility index (Phi) is 4.95. The van der Waals surface area contributed by atoms with Crippen LogP contribution in [0.4, 0.5) is 0 Å². The highest BCUT2D eigenvalue weighted by Crippen LogP contribution is 2.36. The minimum absolute atomic E-state index is 0.0582. The predicted molar refractivity (Wildman–Crippen MR) is 95.3 cm³/mol. The smallest absolute Gasteiger partial charge is 0.228 e. The molecule has 1 amide bonds. The lowest BCUT2D eigenvalue weighted by Gasteiger charge is -2.23. The molecule has 2 saturated heterocycles. The number of rotatable bonds is 5. The number of nitrogens with zero attached hydrogens (tertiary/aromatic N) is 3. The van der Waals surface area contributed by atoms with Gasteiger partial charge in [0.1, 0.15) is 0 Å². The molecule has 2 atom stereocenters. The molecule has 2 aromatic rings. The van der Waals surface area contributed by atoms with Gasteiger partial charge in [0.15, 0.2) is 0 Å². The van der Waals surface area contributed by atoms with Crippen LogP contribution < -0.4 is 0 Å². The highest BCUT2D eigenvalue weighted by Gasteiger charge is 2.47. The molecule has 2 fully saturated rings. The van der Waals surface area contributed by atoms with E-state index in [1.807, 2.05) is 41.3 Å². The highest BCUT2D eigenvalue weighted by molar-refractivity contribution is 5.78. The van der Waals surface area contributed by atoms with Crippen molar-refractivity contribution in [1.29, 1.82) is 0 Å². The van der Waals surface area contributed by atoms with Crippen molar-refractivity contribution in [2.24, 2.45) is 0 Å². The molecule has 6 heteroatoms. The summed E-state index contributed by atoms with van der Waals surface area (Å²) in [4.78, 5) is 23.0. The molecule has 6 nitrogen and oxygen atoms in total. The summed E-state index contributed by atoms with van der Waals surface area (Å²) < 4.78 is 12.0. The average molecular weight is 353 g/mol. The lowest BCUT2D eigenvalue weighted by molar-refractivity contribution is -0.130. The Bertz CT molecular complexity index is 740. The maximum Gasteiger partial charge on any atom is 0.228 e. The number of likely N-dealkylation sites (tertiary alicyclic amines) is 1. The number of carbonyl (C=O) groups excluding carboxylic acids is 1. The van der Waals surface area contributed by atoms with Gasteiger partial charge in [-0.25, -0.2) is 0 Å². The van der Waals surface area contributed by atoms with Crippen molar-refractivity contribution in [2.45, 2.75) is 37.6 Å². The van der Waals surface area contributed by atoms with Crippen LogP contribution in [0, 0.1) is 0 Å². The maximum atomic E-state index is 12.5. The fraction of sp³-hybridized carbons (Fsp3) is 0.450. The van der Waals surface area contributed by atoms with E-state index in [0.717, 1.165) is 30.8 Å². The Morgan fingerprint density at radius 2 is 1.96 bits per heavy atom. The van der Waals surface area contributed by atoms with Crippen molar-refractivity contribution in [2.75, 3.05) is 19.7 Å². The standard InChI is InChI=1S/C20H23N3O3/c24-19(11-16-5-1-3-8-21-16)23-10-7-20(15-23)12-18(14-26-20)25-13-17-6-2-4-9-22-17/h1-6,8-9,18H,7,10-15H2/t18-,20-/m0/s1. The van der Waals surface area contributed by atoms with Crippen LogP contribution >= 0.6 is 0 Å². The number of pyridine rings is 2. The second-order valence-electron chi connectivity index (χ2n) is 7.02. The first-order chi connectivity index (χ1) is 12.7. The number of carbonyl (C=O) groups is 1. The molecular weight excluding hydrogens is 330 g/mol. The number of hydrogen-bond acceptors (Lipinski definition) is 5. The first kappa shape index (κ1) is 17.1. The van der Waals surface area contributed by atoms with Gasteiger partial charge in [0.05, 0.1) is 37.0 Å². The molecule has 26 heavy (non-hydrogen) atoms. The van der Waals surface area contributed by atoms with E-state index in [2.05, 4.69) is 9.97 Å². The van der Waals surface area contributed by atoms with E-state index in [-0.39, 0.29) is 17.6 Å². The third-order valence-corrected chi connectivity index (χ3v) is 5.10. The lowest BCUT2D eigenvalue weighted by atomic mass is 9.98. The van der Waals surface area contributed by atoms with Crippen LogP contribution in [0.1, 0.15) is 24.2 Å². The van der Waals surface area contributed by atoms with E-state index in [0.29, 0.717) is 26.2 Å². The molecule has 0 radical (unpaired) electrons. The molecule has 0 aromatic carbocycles. The summed E-state index contributed by atoms with van der Waals surface area (Å²) in [5.74, 6) is 0.113. The van der Waals surface area contributed by atoms with Crippen LogP contribution in [0.25, 0.3) is 0 Å². The molecule has 4 heterocycles. The maximum absolute atomic E-state index is 12.5. The Morgan fingerprint density at radius 3 is 2.69 bits per heavy atom. The van der Waals surface area contributed by atoms with E-state index < -0.39 is 0 Å². The molecule has 2 aromatic heterocycles. The van der Waals surface area contributed by atoms with Crippen molar-refractivity contribution in [3.05, 3.63) is 60.2 Å². The van der Waals surface area contributed by atoms with Gasteiger partial charge >= 0.3 is 0 Å². The molecule has 2 aliphatic rings. The van der Waals surface area contributed by atoms with Gasteiger partial charge in [-0.2, -0.15) is 0 Å². The Balaban J connectivity index is 1.28. The van der Waals surface area contributed by atoms with Crippen LogP contribution in [0.15, 0.2) is 48.8 Å². The summed E-state index contributed by atoms with van der Waals surface area (Å²) >= 11 is 0. The third-order valence-electron chi connectivity index (χ3n) is 5.10. The number of amides is 1. The molecule has 1 spiro atoms. The SMILES string of the molecule is O=C(Cc1ccccn1)N1CC[C@]2(C[C@H](OCc3ccccn3)CO2)C1. The fourth-order valence-electron chi connectivity index (χ4n) is 3.71. The molecule has 2 aliphatic heterocycles. The molecular formula is C20H23N3O3. The van der Waals surface area contributed by atoms with Crippen LogP contribution in [0.2, 0.25) is 0 Å². The third kappa shape index (κ3) is 3.92. The second kappa shape index (κ2) is 7.51. The average Bonchev–Trinajstić information content (AvgIpc) is 3.29. The summed E-state index contributed by atoms with van der Waals surface area (Å²) in [6, 6.07) is 11.5. The van der Waals surface area contributed by atoms with Gasteiger partial charge in [0, 0.05) is 37.6 Å². The quantitative estimate of drug-likeness (QED) is 0.823. The predicted octanol–water partition coefficient (Wildman–Crippen LogP) is 2.00. The van der Waals surface area contributed by atoms with Crippen LogP contribution in [-0.4, -0.2) is 52.2 Å². The molecule has 0 unspecified atom stereocenters. The molecule has 0 bridgehead atoms. The number of hydrogen-bond donors (Lipinski definition) is 0. The normalized spacial score (nSPS) is 25.1. The van der Waals surface area contributed by atoms with Gasteiger partial charge in [-0.1, -0.05) is 12.1 Å². The van der Waals surface area contributed by atoms with Crippen molar-refractivity contribution >= 4 is 5.91 Å². The van der Waals surface area contributed by atoms with Crippen molar-refractivity contribution in [3.8, 4) is 0 Å². The Labute approximate surface area is 153 Å². The zero-order chi connectivity index (χ0) is 17.8. The molecule has 0 saturated carbocycles. The molecule has 136 valence electrons. The van der Waals surface area contributed by atoms with E-state index in [9.17, 15) is 4.79 Å². The zero-order valence-corrected chi connectivity index (χ0v) is 14.7. The first-order valence-electron chi connectivity index (χ1n) is 9.06. The van der Waals surface area contributed by atoms with Gasteiger partial charge in [-0.15, -0.1) is 0 Å². The van der Waals surface area contributed by atoms with E-state index in [4.69, 9.17) is 9.47 Å². The van der Waals surface area contributed by atoms with Gasteiger partial charge in [-0.05, 0) is 30.7 Å².